The zero-order chi connectivity index (χ0) is 28.6. The smallest absolute Gasteiger partial charge is 0.0201 e. The molecule has 0 N–H and O–H groups in total. The van der Waals surface area contributed by atoms with Gasteiger partial charge in [0.05, 0.1) is 0 Å². The fraction of sp³-hybridized carbons (Fsp3) is 0.300. The van der Waals surface area contributed by atoms with Crippen molar-refractivity contribution in [2.75, 3.05) is 0 Å². The van der Waals surface area contributed by atoms with Crippen LogP contribution in [0.15, 0.2) is 132 Å². The molecule has 3 aliphatic carbocycles. The molecule has 0 aliphatic heterocycles. The number of fused-ring (bicyclic) bond motifs is 1. The summed E-state index contributed by atoms with van der Waals surface area (Å²) in [6, 6.07) is 18.1. The van der Waals surface area contributed by atoms with Crippen molar-refractivity contribution in [2.45, 2.75) is 72.1 Å². The Morgan fingerprint density at radius 2 is 1.75 bits per heavy atom. The Labute approximate surface area is 242 Å². The molecule has 3 aliphatic rings. The van der Waals surface area contributed by atoms with Crippen LogP contribution in [-0.2, 0) is 0 Å². The Morgan fingerprint density at radius 3 is 2.42 bits per heavy atom. The van der Waals surface area contributed by atoms with Gasteiger partial charge in [0.1, 0.15) is 0 Å². The molecule has 40 heavy (non-hydrogen) atoms. The topological polar surface area (TPSA) is 0 Å². The molecule has 0 nitrogen and oxygen atoms in total. The first-order valence-corrected chi connectivity index (χ1v) is 14.9. The van der Waals surface area contributed by atoms with Crippen LogP contribution in [0.1, 0.15) is 94.4 Å². The minimum atomic E-state index is 0.273. The third-order valence-electron chi connectivity index (χ3n) is 8.93. The Bertz CT molecular complexity index is 1520. The molecule has 2 atom stereocenters. The standard InChI is InChI=1S/C40H44/c1-9-11-27(6)38-28(7)20-37-24-36(29(8)39(37)40(38)32-18-16-31(17-19-32)25(2)3)22-30-14-15-35(21-30)34-13-10-12-33(23-34)26(4)5/h10,12-20,22-23,25,39-40H,4,6,8-9,11,21,24H2,1-3,5,7H3/b36-22+. The maximum absolute atomic E-state index is 4.74. The van der Waals surface area contributed by atoms with Crippen molar-refractivity contribution < 1.29 is 0 Å². The van der Waals surface area contributed by atoms with Crippen LogP contribution < -0.4 is 0 Å². The Morgan fingerprint density at radius 1 is 1.00 bits per heavy atom. The minimum absolute atomic E-state index is 0.273. The summed E-state index contributed by atoms with van der Waals surface area (Å²) in [7, 11) is 0. The first-order chi connectivity index (χ1) is 19.2. The fourth-order valence-electron chi connectivity index (χ4n) is 6.77. The van der Waals surface area contributed by atoms with Crippen LogP contribution >= 0.6 is 0 Å². The molecule has 204 valence electrons. The van der Waals surface area contributed by atoms with E-state index in [2.05, 4.69) is 121 Å². The lowest BCUT2D eigenvalue weighted by Crippen LogP contribution is -2.21. The molecule has 2 aromatic rings. The summed E-state index contributed by atoms with van der Waals surface area (Å²) in [5, 5.41) is 0. The largest absolute Gasteiger partial charge is 0.0955 e. The third-order valence-corrected chi connectivity index (χ3v) is 8.93. The first kappa shape index (κ1) is 27.9. The second-order valence-electron chi connectivity index (χ2n) is 12.3. The molecule has 0 spiro atoms. The van der Waals surface area contributed by atoms with Gasteiger partial charge in [-0.15, -0.1) is 0 Å². The van der Waals surface area contributed by atoms with Crippen LogP contribution in [0.2, 0.25) is 0 Å². The molecule has 1 fully saturated rings. The van der Waals surface area contributed by atoms with Crippen molar-refractivity contribution in [1.29, 1.82) is 0 Å². The summed E-state index contributed by atoms with van der Waals surface area (Å²) in [6.07, 6.45) is 13.5. The van der Waals surface area contributed by atoms with Crippen LogP contribution in [0.4, 0.5) is 0 Å². The van der Waals surface area contributed by atoms with E-state index < -0.39 is 0 Å². The maximum atomic E-state index is 4.74. The molecular formula is C40H44. The number of rotatable bonds is 8. The molecule has 0 radical (unpaired) electrons. The van der Waals surface area contributed by atoms with Gasteiger partial charge in [-0.1, -0.05) is 130 Å². The molecule has 0 bridgehead atoms. The Hall–Kier alpha value is -3.64. The highest BCUT2D eigenvalue weighted by atomic mass is 14.4. The van der Waals surface area contributed by atoms with Gasteiger partial charge in [0.2, 0.25) is 0 Å². The van der Waals surface area contributed by atoms with Crippen molar-refractivity contribution in [3.63, 3.8) is 0 Å². The van der Waals surface area contributed by atoms with Gasteiger partial charge in [0.15, 0.2) is 0 Å². The van der Waals surface area contributed by atoms with Crippen molar-refractivity contribution in [2.24, 2.45) is 5.92 Å². The molecule has 5 rings (SSSR count). The van der Waals surface area contributed by atoms with E-state index in [9.17, 15) is 0 Å². The lowest BCUT2D eigenvalue weighted by molar-refractivity contribution is 0.619. The van der Waals surface area contributed by atoms with Gasteiger partial charge >= 0.3 is 0 Å². The summed E-state index contributed by atoms with van der Waals surface area (Å²) < 4.78 is 0. The SMILES string of the molecule is C=C(CCC)C1=C(C)C=C2C/C(=C\C3=CC=C(c4cccc(C(=C)C)c4)C3)C(=C)C2C1c1ccc(C(C)C)cc1. The van der Waals surface area contributed by atoms with Crippen LogP contribution in [0.25, 0.3) is 11.1 Å². The summed E-state index contributed by atoms with van der Waals surface area (Å²) in [6.45, 7) is 24.6. The number of allylic oxidation sites excluding steroid dienone is 13. The van der Waals surface area contributed by atoms with Crippen LogP contribution in [0, 0.1) is 5.92 Å². The zero-order valence-electron chi connectivity index (χ0n) is 25.1. The molecule has 1 saturated carbocycles. The van der Waals surface area contributed by atoms with Gasteiger partial charge in [-0.25, -0.2) is 0 Å². The van der Waals surface area contributed by atoms with Gasteiger partial charge in [-0.3, -0.25) is 0 Å². The van der Waals surface area contributed by atoms with Gasteiger partial charge in [0, 0.05) is 11.8 Å². The summed E-state index contributed by atoms with van der Waals surface area (Å²) in [5.74, 6) is 1.10. The van der Waals surface area contributed by atoms with Gasteiger partial charge < -0.3 is 0 Å². The van der Waals surface area contributed by atoms with E-state index in [0.29, 0.717) is 11.8 Å². The van der Waals surface area contributed by atoms with Gasteiger partial charge in [-0.05, 0) is 101 Å². The monoisotopic (exact) mass is 524 g/mol. The second-order valence-corrected chi connectivity index (χ2v) is 12.3. The molecule has 0 heteroatoms. The molecule has 0 heterocycles. The molecule has 2 aromatic carbocycles. The van der Waals surface area contributed by atoms with Crippen molar-refractivity contribution in [3.05, 3.63) is 154 Å². The van der Waals surface area contributed by atoms with Crippen LogP contribution in [0.3, 0.4) is 0 Å². The lowest BCUT2D eigenvalue weighted by atomic mass is 9.69. The maximum Gasteiger partial charge on any atom is 0.0201 e. The second kappa shape index (κ2) is 11.5. The minimum Gasteiger partial charge on any atom is -0.0955 e. The molecule has 0 amide bonds. The highest BCUT2D eigenvalue weighted by Gasteiger charge is 2.41. The summed E-state index contributed by atoms with van der Waals surface area (Å²) in [4.78, 5) is 0. The van der Waals surface area contributed by atoms with E-state index in [1.165, 1.54) is 66.8 Å². The average molecular weight is 525 g/mol. The van der Waals surface area contributed by atoms with E-state index in [1.807, 2.05) is 0 Å². The fourth-order valence-corrected chi connectivity index (χ4v) is 6.77. The average Bonchev–Trinajstić information content (AvgIpc) is 3.52. The zero-order valence-corrected chi connectivity index (χ0v) is 25.1. The first-order valence-electron chi connectivity index (χ1n) is 14.9. The summed E-state index contributed by atoms with van der Waals surface area (Å²) in [5.41, 5.74) is 17.3. The molecule has 0 aromatic heterocycles. The Kier molecular flexibility index (Phi) is 7.99. The normalized spacial score (nSPS) is 21.5. The number of benzene rings is 2. The Balaban J connectivity index is 1.44. The van der Waals surface area contributed by atoms with E-state index in [1.54, 1.807) is 0 Å². The molecule has 0 saturated heterocycles. The highest BCUT2D eigenvalue weighted by Crippen LogP contribution is 2.55. The highest BCUT2D eigenvalue weighted by molar-refractivity contribution is 5.76. The van der Waals surface area contributed by atoms with Crippen molar-refractivity contribution >= 4 is 11.1 Å². The molecular weight excluding hydrogens is 480 g/mol. The van der Waals surface area contributed by atoms with E-state index >= 15 is 0 Å². The van der Waals surface area contributed by atoms with Gasteiger partial charge in [-0.2, -0.15) is 0 Å². The quantitative estimate of drug-likeness (QED) is 0.322. The lowest BCUT2D eigenvalue weighted by Gasteiger charge is -2.34. The number of hydrogen-bond acceptors (Lipinski definition) is 0. The van der Waals surface area contributed by atoms with Crippen LogP contribution in [0.5, 0.6) is 0 Å². The third kappa shape index (κ3) is 5.37. The summed E-state index contributed by atoms with van der Waals surface area (Å²) >= 11 is 0. The van der Waals surface area contributed by atoms with Crippen LogP contribution in [-0.4, -0.2) is 0 Å². The van der Waals surface area contributed by atoms with Crippen molar-refractivity contribution in [1.82, 2.24) is 0 Å². The molecule has 2 unspecified atom stereocenters. The predicted molar refractivity (Wildman–Crippen MR) is 175 cm³/mol. The van der Waals surface area contributed by atoms with E-state index in [-0.39, 0.29) is 5.92 Å². The van der Waals surface area contributed by atoms with E-state index in [4.69, 9.17) is 6.58 Å². The van der Waals surface area contributed by atoms with Gasteiger partial charge in [0.25, 0.3) is 0 Å². The van der Waals surface area contributed by atoms with Crippen molar-refractivity contribution in [3.8, 4) is 0 Å². The number of hydrogen-bond donors (Lipinski definition) is 0. The predicted octanol–water partition coefficient (Wildman–Crippen LogP) is 11.5. The van der Waals surface area contributed by atoms with E-state index in [0.717, 1.165) is 31.3 Å².